The average molecular weight is 428 g/mol. The van der Waals surface area contributed by atoms with Gasteiger partial charge in [0.25, 0.3) is 5.91 Å². The van der Waals surface area contributed by atoms with Gasteiger partial charge >= 0.3 is 0 Å². The first-order valence-electron chi connectivity index (χ1n) is 13.0. The second-order valence-electron chi connectivity index (χ2n) is 10.4. The summed E-state index contributed by atoms with van der Waals surface area (Å²) in [6.45, 7) is 5.81. The highest BCUT2D eigenvalue weighted by Crippen LogP contribution is 2.32. The van der Waals surface area contributed by atoms with E-state index in [0.717, 1.165) is 31.3 Å². The number of nitrogens with zero attached hydrogens (tertiary/aromatic N) is 4. The van der Waals surface area contributed by atoms with Gasteiger partial charge in [-0.25, -0.2) is 0 Å². The van der Waals surface area contributed by atoms with Gasteiger partial charge in [0.05, 0.1) is 0 Å². The Labute approximate surface area is 187 Å². The summed E-state index contributed by atoms with van der Waals surface area (Å²) in [6, 6.07) is 1.41. The molecule has 0 spiro atoms. The number of piperazine rings is 1. The maximum Gasteiger partial charge on any atom is 0.271 e. The normalized spacial score (nSPS) is 26.8. The van der Waals surface area contributed by atoms with Crippen LogP contribution in [0.4, 0.5) is 0 Å². The van der Waals surface area contributed by atoms with E-state index in [2.05, 4.69) is 19.8 Å². The number of rotatable bonds is 5. The fraction of sp³-hybridized carbons (Fsp3) is 0.840. The highest BCUT2D eigenvalue weighted by Gasteiger charge is 2.34. The highest BCUT2D eigenvalue weighted by atomic mass is 16.1. The van der Waals surface area contributed by atoms with E-state index in [0.29, 0.717) is 11.7 Å². The molecular formula is C25H41N5O. The van der Waals surface area contributed by atoms with Gasteiger partial charge in [0.15, 0.2) is 5.69 Å². The molecule has 1 unspecified atom stereocenters. The molecule has 0 aromatic carbocycles. The first kappa shape index (κ1) is 21.4. The second kappa shape index (κ2) is 9.62. The summed E-state index contributed by atoms with van der Waals surface area (Å²) >= 11 is 0. The number of aromatic nitrogens is 2. The number of carbonyl (C=O) groups is 1. The molecule has 2 heterocycles. The zero-order valence-electron chi connectivity index (χ0n) is 19.4. The molecule has 1 aromatic heterocycles. The molecule has 31 heavy (non-hydrogen) atoms. The first-order chi connectivity index (χ1) is 15.2. The summed E-state index contributed by atoms with van der Waals surface area (Å²) in [7, 11) is 1.73. The van der Waals surface area contributed by atoms with Crippen LogP contribution in [0.1, 0.15) is 86.0 Å². The van der Waals surface area contributed by atoms with Crippen LogP contribution >= 0.6 is 0 Å². The minimum atomic E-state index is -0.00894. The maximum absolute atomic E-state index is 12.7. The summed E-state index contributed by atoms with van der Waals surface area (Å²) < 4.78 is 2.23. The van der Waals surface area contributed by atoms with Gasteiger partial charge in [0.2, 0.25) is 0 Å². The van der Waals surface area contributed by atoms with E-state index in [-0.39, 0.29) is 5.91 Å². The predicted molar refractivity (Wildman–Crippen MR) is 123 cm³/mol. The Hall–Kier alpha value is -1.40. The lowest BCUT2D eigenvalue weighted by Gasteiger charge is -2.42. The van der Waals surface area contributed by atoms with Crippen LogP contribution in [-0.2, 0) is 19.4 Å². The molecule has 1 N–H and O–H groups in total. The Balaban J connectivity index is 1.27. The van der Waals surface area contributed by atoms with Crippen LogP contribution in [-0.4, -0.2) is 70.8 Å². The third-order valence-electron chi connectivity index (χ3n) is 8.62. The molecule has 1 atom stereocenters. The molecule has 0 radical (unpaired) electrons. The first-order valence-corrected chi connectivity index (χ1v) is 13.0. The SMILES string of the molecule is CNC(=O)c1nn(CC2CCCCC2)c2c1CC(N1CCN(C3CCCC3)CC1)CC2. The Morgan fingerprint density at radius 3 is 2.23 bits per heavy atom. The van der Waals surface area contributed by atoms with Crippen molar-refractivity contribution in [3.63, 3.8) is 0 Å². The molecule has 1 amide bonds. The molecule has 2 saturated carbocycles. The Bertz CT molecular complexity index is 754. The Morgan fingerprint density at radius 1 is 0.903 bits per heavy atom. The number of nitrogens with one attached hydrogen (secondary N) is 1. The summed E-state index contributed by atoms with van der Waals surface area (Å²) in [4.78, 5) is 18.1. The van der Waals surface area contributed by atoms with Gasteiger partial charge in [-0.05, 0) is 50.9 Å². The fourth-order valence-corrected chi connectivity index (χ4v) is 6.78. The Morgan fingerprint density at radius 2 is 1.55 bits per heavy atom. The average Bonchev–Trinajstić information content (AvgIpc) is 3.48. The van der Waals surface area contributed by atoms with Gasteiger partial charge in [-0.1, -0.05) is 32.1 Å². The predicted octanol–water partition coefficient (Wildman–Crippen LogP) is 3.24. The zero-order chi connectivity index (χ0) is 21.2. The molecule has 5 rings (SSSR count). The van der Waals surface area contributed by atoms with Crippen LogP contribution in [0.5, 0.6) is 0 Å². The number of hydrogen-bond acceptors (Lipinski definition) is 4. The van der Waals surface area contributed by atoms with Crippen molar-refractivity contribution < 1.29 is 4.79 Å². The van der Waals surface area contributed by atoms with Crippen molar-refractivity contribution in [1.82, 2.24) is 24.9 Å². The van der Waals surface area contributed by atoms with E-state index in [1.54, 1.807) is 7.05 Å². The van der Waals surface area contributed by atoms with Crippen molar-refractivity contribution in [3.8, 4) is 0 Å². The standard InChI is InChI=1S/C25H41N5O/c1-26-25(31)24-22-17-21(29-15-13-28(14-16-29)20-9-5-6-10-20)11-12-23(22)30(27-24)18-19-7-3-2-4-8-19/h19-21H,2-18H2,1H3,(H,26,31). The lowest BCUT2D eigenvalue weighted by Crippen LogP contribution is -2.53. The number of carbonyl (C=O) groups excluding carboxylic acids is 1. The van der Waals surface area contributed by atoms with Gasteiger partial charge in [-0.3, -0.25) is 19.3 Å². The van der Waals surface area contributed by atoms with Crippen LogP contribution in [0.25, 0.3) is 0 Å². The topological polar surface area (TPSA) is 53.4 Å². The monoisotopic (exact) mass is 427 g/mol. The van der Waals surface area contributed by atoms with Crippen molar-refractivity contribution in [3.05, 3.63) is 17.0 Å². The Kier molecular flexibility index (Phi) is 6.65. The van der Waals surface area contributed by atoms with E-state index >= 15 is 0 Å². The number of amides is 1. The molecular weight excluding hydrogens is 386 g/mol. The maximum atomic E-state index is 12.7. The number of fused-ring (bicyclic) bond motifs is 1. The quantitative estimate of drug-likeness (QED) is 0.784. The molecule has 172 valence electrons. The molecule has 0 bridgehead atoms. The third-order valence-corrected chi connectivity index (χ3v) is 8.62. The van der Waals surface area contributed by atoms with Gasteiger partial charge in [0, 0.05) is 63.1 Å². The van der Waals surface area contributed by atoms with Crippen LogP contribution in [0.15, 0.2) is 0 Å². The molecule has 4 aliphatic rings. The summed E-state index contributed by atoms with van der Waals surface area (Å²) in [5.41, 5.74) is 3.29. The van der Waals surface area contributed by atoms with E-state index < -0.39 is 0 Å². The van der Waals surface area contributed by atoms with Crippen molar-refractivity contribution >= 4 is 5.91 Å². The van der Waals surface area contributed by atoms with Gasteiger partial charge in [-0.2, -0.15) is 5.10 Å². The van der Waals surface area contributed by atoms with Gasteiger partial charge in [0.1, 0.15) is 0 Å². The van der Waals surface area contributed by atoms with Crippen molar-refractivity contribution in [1.29, 1.82) is 0 Å². The minimum Gasteiger partial charge on any atom is -0.354 e. The highest BCUT2D eigenvalue weighted by molar-refractivity contribution is 5.93. The molecule has 1 aromatic rings. The lowest BCUT2D eigenvalue weighted by molar-refractivity contribution is 0.0653. The number of hydrogen-bond donors (Lipinski definition) is 1. The summed E-state index contributed by atoms with van der Waals surface area (Å²) in [5.74, 6) is 0.724. The molecule has 3 fully saturated rings. The lowest BCUT2D eigenvalue weighted by atomic mass is 9.88. The van der Waals surface area contributed by atoms with Gasteiger partial charge < -0.3 is 5.32 Å². The van der Waals surface area contributed by atoms with Crippen LogP contribution in [0.3, 0.4) is 0 Å². The van der Waals surface area contributed by atoms with E-state index in [4.69, 9.17) is 5.10 Å². The smallest absolute Gasteiger partial charge is 0.271 e. The van der Waals surface area contributed by atoms with Crippen LogP contribution in [0, 0.1) is 5.92 Å². The van der Waals surface area contributed by atoms with Crippen LogP contribution < -0.4 is 5.32 Å². The largest absolute Gasteiger partial charge is 0.354 e. The fourth-order valence-electron chi connectivity index (χ4n) is 6.78. The minimum absolute atomic E-state index is 0.00894. The van der Waals surface area contributed by atoms with Crippen molar-refractivity contribution in [2.75, 3.05) is 33.2 Å². The van der Waals surface area contributed by atoms with Gasteiger partial charge in [-0.15, -0.1) is 0 Å². The zero-order valence-corrected chi connectivity index (χ0v) is 19.4. The summed E-state index contributed by atoms with van der Waals surface area (Å²) in [6.07, 6.45) is 15.6. The molecule has 3 aliphatic carbocycles. The molecule has 1 saturated heterocycles. The third kappa shape index (κ3) is 4.56. The van der Waals surface area contributed by atoms with E-state index in [1.807, 2.05) is 0 Å². The van der Waals surface area contributed by atoms with Crippen molar-refractivity contribution in [2.45, 2.75) is 95.7 Å². The summed E-state index contributed by atoms with van der Waals surface area (Å²) in [5, 5.41) is 7.72. The van der Waals surface area contributed by atoms with E-state index in [1.165, 1.54) is 102 Å². The molecule has 6 nitrogen and oxygen atoms in total. The van der Waals surface area contributed by atoms with Crippen LogP contribution in [0.2, 0.25) is 0 Å². The second-order valence-corrected chi connectivity index (χ2v) is 10.4. The molecule has 1 aliphatic heterocycles. The van der Waals surface area contributed by atoms with Crippen molar-refractivity contribution in [2.24, 2.45) is 5.92 Å². The molecule has 6 heteroatoms. The van der Waals surface area contributed by atoms with E-state index in [9.17, 15) is 4.79 Å².